The number of nitrogens with zero attached hydrogens (tertiary/aromatic N) is 3. The molecule has 0 unspecified atom stereocenters. The SMILES string of the molecule is Cc1ccc([N+](=O)[O-])cc1OCc1cnc(Cl)cn1. The number of ether oxygens (including phenoxy) is 1. The normalized spacial score (nSPS) is 10.2. The zero-order valence-corrected chi connectivity index (χ0v) is 10.8. The second kappa shape index (κ2) is 5.62. The standard InChI is InChI=1S/C12H10ClN3O3/c1-8-2-3-10(16(17)18)4-11(8)19-7-9-5-15-12(13)6-14-9/h2-6H,7H2,1H3. The average Bonchev–Trinajstić information content (AvgIpc) is 2.39. The summed E-state index contributed by atoms with van der Waals surface area (Å²) >= 11 is 5.62. The minimum atomic E-state index is -0.464. The van der Waals surface area contributed by atoms with Gasteiger partial charge in [0.1, 0.15) is 17.5 Å². The van der Waals surface area contributed by atoms with Gasteiger partial charge in [-0.15, -0.1) is 0 Å². The molecule has 0 fully saturated rings. The Labute approximate surface area is 114 Å². The Morgan fingerprint density at radius 2 is 2.16 bits per heavy atom. The molecule has 0 saturated carbocycles. The summed E-state index contributed by atoms with van der Waals surface area (Å²) in [5.41, 5.74) is 1.39. The summed E-state index contributed by atoms with van der Waals surface area (Å²) in [6.45, 7) is 1.98. The quantitative estimate of drug-likeness (QED) is 0.635. The van der Waals surface area contributed by atoms with Crippen molar-refractivity contribution < 1.29 is 9.66 Å². The maximum Gasteiger partial charge on any atom is 0.273 e. The highest BCUT2D eigenvalue weighted by Crippen LogP contribution is 2.24. The van der Waals surface area contributed by atoms with Gasteiger partial charge in [-0.25, -0.2) is 4.98 Å². The fourth-order valence-corrected chi connectivity index (χ4v) is 1.52. The van der Waals surface area contributed by atoms with Gasteiger partial charge in [-0.05, 0) is 18.6 Å². The second-order valence-electron chi connectivity index (χ2n) is 3.83. The Kier molecular flexibility index (Phi) is 3.91. The fraction of sp³-hybridized carbons (Fsp3) is 0.167. The number of nitro groups is 1. The number of benzene rings is 1. The number of halogens is 1. The molecule has 0 spiro atoms. The van der Waals surface area contributed by atoms with Crippen LogP contribution in [0.5, 0.6) is 5.75 Å². The maximum absolute atomic E-state index is 10.7. The highest BCUT2D eigenvalue weighted by atomic mass is 35.5. The van der Waals surface area contributed by atoms with Crippen molar-refractivity contribution in [1.29, 1.82) is 0 Å². The first-order valence-electron chi connectivity index (χ1n) is 5.40. The van der Waals surface area contributed by atoms with E-state index in [1.54, 1.807) is 6.07 Å². The zero-order valence-electron chi connectivity index (χ0n) is 10.0. The van der Waals surface area contributed by atoms with Crippen LogP contribution in [-0.4, -0.2) is 14.9 Å². The zero-order chi connectivity index (χ0) is 13.8. The molecule has 0 aliphatic carbocycles. The molecule has 6 nitrogen and oxygen atoms in total. The van der Waals surface area contributed by atoms with Gasteiger partial charge in [0, 0.05) is 6.07 Å². The topological polar surface area (TPSA) is 78.2 Å². The number of nitro benzene ring substituents is 1. The summed E-state index contributed by atoms with van der Waals surface area (Å²) in [6.07, 6.45) is 2.91. The molecule has 1 aromatic heterocycles. The minimum Gasteiger partial charge on any atom is -0.487 e. The van der Waals surface area contributed by atoms with E-state index < -0.39 is 4.92 Å². The summed E-state index contributed by atoms with van der Waals surface area (Å²) in [7, 11) is 0. The van der Waals surface area contributed by atoms with Crippen LogP contribution in [0.15, 0.2) is 30.6 Å². The maximum atomic E-state index is 10.7. The van der Waals surface area contributed by atoms with Gasteiger partial charge in [0.05, 0.1) is 29.1 Å². The van der Waals surface area contributed by atoms with Crippen molar-refractivity contribution in [3.8, 4) is 5.75 Å². The van der Waals surface area contributed by atoms with E-state index in [1.807, 2.05) is 6.92 Å². The number of non-ortho nitro benzene ring substituents is 1. The molecule has 1 heterocycles. The molecule has 0 bridgehead atoms. The van der Waals surface area contributed by atoms with E-state index in [1.165, 1.54) is 24.5 Å². The molecule has 0 saturated heterocycles. The molecule has 19 heavy (non-hydrogen) atoms. The number of hydrogen-bond donors (Lipinski definition) is 0. The summed E-state index contributed by atoms with van der Waals surface area (Å²) < 4.78 is 5.50. The second-order valence-corrected chi connectivity index (χ2v) is 4.21. The van der Waals surface area contributed by atoms with Crippen LogP contribution in [0.4, 0.5) is 5.69 Å². The third kappa shape index (κ3) is 3.38. The summed E-state index contributed by atoms with van der Waals surface area (Å²) in [4.78, 5) is 18.1. The van der Waals surface area contributed by atoms with Crippen LogP contribution in [0.25, 0.3) is 0 Å². The first-order valence-corrected chi connectivity index (χ1v) is 5.78. The van der Waals surface area contributed by atoms with Crippen molar-refractivity contribution in [2.45, 2.75) is 13.5 Å². The molecule has 7 heteroatoms. The van der Waals surface area contributed by atoms with Gasteiger partial charge >= 0.3 is 0 Å². The smallest absolute Gasteiger partial charge is 0.273 e. The van der Waals surface area contributed by atoms with Crippen molar-refractivity contribution >= 4 is 17.3 Å². The summed E-state index contributed by atoms with van der Waals surface area (Å²) in [5, 5.41) is 11.0. The van der Waals surface area contributed by atoms with E-state index in [-0.39, 0.29) is 12.3 Å². The molecule has 0 aliphatic rings. The summed E-state index contributed by atoms with van der Waals surface area (Å²) in [5.74, 6) is 0.450. The molecule has 0 atom stereocenters. The molecule has 2 aromatic rings. The Morgan fingerprint density at radius 1 is 1.37 bits per heavy atom. The first-order chi connectivity index (χ1) is 9.06. The predicted octanol–water partition coefficient (Wildman–Crippen LogP) is 2.93. The van der Waals surface area contributed by atoms with E-state index in [2.05, 4.69) is 9.97 Å². The van der Waals surface area contributed by atoms with Crippen molar-refractivity contribution in [3.63, 3.8) is 0 Å². The molecule has 0 amide bonds. The lowest BCUT2D eigenvalue weighted by Gasteiger charge is -2.08. The monoisotopic (exact) mass is 279 g/mol. The molecular weight excluding hydrogens is 270 g/mol. The predicted molar refractivity (Wildman–Crippen MR) is 69.2 cm³/mol. The van der Waals surface area contributed by atoms with E-state index >= 15 is 0 Å². The Bertz CT molecular complexity index is 602. The lowest BCUT2D eigenvalue weighted by atomic mass is 10.2. The van der Waals surface area contributed by atoms with Crippen LogP contribution < -0.4 is 4.74 Å². The lowest BCUT2D eigenvalue weighted by molar-refractivity contribution is -0.385. The average molecular weight is 280 g/mol. The largest absolute Gasteiger partial charge is 0.487 e. The molecule has 0 aliphatic heterocycles. The van der Waals surface area contributed by atoms with Gasteiger partial charge in [-0.2, -0.15) is 0 Å². The van der Waals surface area contributed by atoms with E-state index in [4.69, 9.17) is 16.3 Å². The number of aromatic nitrogens is 2. The fourth-order valence-electron chi connectivity index (χ4n) is 1.42. The van der Waals surface area contributed by atoms with Crippen molar-refractivity contribution in [2.24, 2.45) is 0 Å². The number of hydrogen-bond acceptors (Lipinski definition) is 5. The molecule has 0 N–H and O–H groups in total. The van der Waals surface area contributed by atoms with Crippen LogP contribution in [0.1, 0.15) is 11.3 Å². The van der Waals surface area contributed by atoms with Gasteiger partial charge in [0.15, 0.2) is 0 Å². The Balaban J connectivity index is 2.12. The highest BCUT2D eigenvalue weighted by molar-refractivity contribution is 6.29. The van der Waals surface area contributed by atoms with Gasteiger partial charge in [0.25, 0.3) is 5.69 Å². The van der Waals surface area contributed by atoms with Crippen LogP contribution in [0, 0.1) is 17.0 Å². The van der Waals surface area contributed by atoms with Crippen molar-refractivity contribution in [1.82, 2.24) is 9.97 Å². The van der Waals surface area contributed by atoms with Crippen LogP contribution >= 0.6 is 11.6 Å². The number of aryl methyl sites for hydroxylation is 1. The first kappa shape index (κ1) is 13.2. The molecular formula is C12H10ClN3O3. The van der Waals surface area contributed by atoms with E-state index in [0.717, 1.165) is 5.56 Å². The van der Waals surface area contributed by atoms with Crippen LogP contribution in [-0.2, 0) is 6.61 Å². The van der Waals surface area contributed by atoms with Gasteiger partial charge in [0.2, 0.25) is 0 Å². The lowest BCUT2D eigenvalue weighted by Crippen LogP contribution is -2.00. The molecule has 0 radical (unpaired) electrons. The molecule has 1 aromatic carbocycles. The van der Waals surface area contributed by atoms with E-state index in [0.29, 0.717) is 16.6 Å². The van der Waals surface area contributed by atoms with Crippen LogP contribution in [0.3, 0.4) is 0 Å². The van der Waals surface area contributed by atoms with Gasteiger partial charge in [-0.1, -0.05) is 11.6 Å². The molecule has 98 valence electrons. The van der Waals surface area contributed by atoms with Gasteiger partial charge in [-0.3, -0.25) is 15.1 Å². The third-order valence-corrected chi connectivity index (χ3v) is 2.63. The number of rotatable bonds is 4. The van der Waals surface area contributed by atoms with Gasteiger partial charge < -0.3 is 4.74 Å². The third-order valence-electron chi connectivity index (χ3n) is 2.43. The summed E-state index contributed by atoms with van der Waals surface area (Å²) in [6, 6.07) is 4.46. The van der Waals surface area contributed by atoms with E-state index in [9.17, 15) is 10.1 Å². The minimum absolute atomic E-state index is 0.0113. The Morgan fingerprint density at radius 3 is 2.79 bits per heavy atom. The Hall–Kier alpha value is -2.21. The van der Waals surface area contributed by atoms with Crippen molar-refractivity contribution in [3.05, 3.63) is 57.1 Å². The van der Waals surface area contributed by atoms with Crippen molar-refractivity contribution in [2.75, 3.05) is 0 Å². The molecule has 2 rings (SSSR count). The van der Waals surface area contributed by atoms with Crippen LogP contribution in [0.2, 0.25) is 5.15 Å². The highest BCUT2D eigenvalue weighted by Gasteiger charge is 2.10.